The molecule has 3 aliphatic rings. The maximum absolute atomic E-state index is 12.5. The van der Waals surface area contributed by atoms with Gasteiger partial charge in [-0.15, -0.1) is 0 Å². The smallest absolute Gasteiger partial charge is 0.341 e. The van der Waals surface area contributed by atoms with Crippen molar-refractivity contribution in [3.63, 3.8) is 0 Å². The molecule has 19 heavy (non-hydrogen) atoms. The number of cyclic esters (lactones) is 1. The minimum Gasteiger partial charge on any atom is -0.428 e. The molecule has 1 saturated carbocycles. The van der Waals surface area contributed by atoms with Crippen molar-refractivity contribution in [2.24, 2.45) is 17.3 Å². The van der Waals surface area contributed by atoms with Crippen LogP contribution in [0.4, 0.5) is 0 Å². The Morgan fingerprint density at radius 2 is 2.05 bits per heavy atom. The molecule has 1 fully saturated rings. The number of esters is 1. The average Bonchev–Trinajstić information content (AvgIpc) is 2.72. The van der Waals surface area contributed by atoms with Gasteiger partial charge in [-0.05, 0) is 30.3 Å². The third-order valence-corrected chi connectivity index (χ3v) is 4.52. The van der Waals surface area contributed by atoms with E-state index in [4.69, 9.17) is 4.74 Å². The van der Waals surface area contributed by atoms with E-state index in [-0.39, 0.29) is 34.2 Å². The van der Waals surface area contributed by atoms with Crippen LogP contribution in [0.3, 0.4) is 0 Å². The van der Waals surface area contributed by atoms with Crippen LogP contribution in [0.15, 0.2) is 22.8 Å². The number of fused-ring (bicyclic) bond motifs is 1. The minimum absolute atomic E-state index is 0.150. The molecule has 3 atom stereocenters. The van der Waals surface area contributed by atoms with Crippen LogP contribution in [0, 0.1) is 17.3 Å². The van der Waals surface area contributed by atoms with Crippen molar-refractivity contribution in [3.8, 4) is 0 Å². The number of hydrogen-bond acceptors (Lipinski definition) is 4. The predicted octanol–water partition coefficient (Wildman–Crippen LogP) is 1.74. The molecule has 102 valence electrons. The number of ketones is 1. The second-order valence-electron chi connectivity index (χ2n) is 6.61. The van der Waals surface area contributed by atoms with E-state index in [1.807, 2.05) is 6.92 Å². The van der Waals surface area contributed by atoms with Crippen molar-refractivity contribution in [3.05, 3.63) is 22.8 Å². The van der Waals surface area contributed by atoms with Crippen molar-refractivity contribution in [1.29, 1.82) is 0 Å². The summed E-state index contributed by atoms with van der Waals surface area (Å²) in [4.78, 5) is 24.2. The third kappa shape index (κ3) is 1.77. The Kier molecular flexibility index (Phi) is 2.52. The van der Waals surface area contributed by atoms with Crippen LogP contribution >= 0.6 is 0 Å². The summed E-state index contributed by atoms with van der Waals surface area (Å²) in [7, 11) is 0. The summed E-state index contributed by atoms with van der Waals surface area (Å²) in [6.45, 7) is 6.24. The summed E-state index contributed by atoms with van der Waals surface area (Å²) >= 11 is 0. The zero-order valence-corrected chi connectivity index (χ0v) is 11.4. The monoisotopic (exact) mass is 262 g/mol. The lowest BCUT2D eigenvalue weighted by Gasteiger charge is -2.21. The fourth-order valence-corrected chi connectivity index (χ4v) is 3.61. The van der Waals surface area contributed by atoms with Gasteiger partial charge in [0.05, 0.1) is 11.1 Å². The van der Waals surface area contributed by atoms with Gasteiger partial charge in [0.15, 0.2) is 5.78 Å². The van der Waals surface area contributed by atoms with Crippen LogP contribution in [-0.2, 0) is 14.3 Å². The Morgan fingerprint density at radius 3 is 2.74 bits per heavy atom. The number of rotatable bonds is 0. The van der Waals surface area contributed by atoms with Gasteiger partial charge in [-0.1, -0.05) is 26.3 Å². The van der Waals surface area contributed by atoms with Gasteiger partial charge in [-0.3, -0.25) is 4.79 Å². The van der Waals surface area contributed by atoms with Crippen LogP contribution in [0.5, 0.6) is 0 Å². The first-order valence-corrected chi connectivity index (χ1v) is 6.68. The molecule has 4 heteroatoms. The van der Waals surface area contributed by atoms with Crippen LogP contribution in [0.2, 0.25) is 0 Å². The van der Waals surface area contributed by atoms with Crippen molar-refractivity contribution in [2.45, 2.75) is 39.9 Å². The highest BCUT2D eigenvalue weighted by Crippen LogP contribution is 2.50. The predicted molar refractivity (Wildman–Crippen MR) is 67.9 cm³/mol. The number of ether oxygens (including phenoxy) is 1. The van der Waals surface area contributed by atoms with Crippen LogP contribution < -0.4 is 0 Å². The highest BCUT2D eigenvalue weighted by Gasteiger charge is 2.47. The highest BCUT2D eigenvalue weighted by molar-refractivity contribution is 6.10. The molecule has 0 amide bonds. The zero-order valence-electron chi connectivity index (χ0n) is 11.4. The molecule has 0 aromatic carbocycles. The average molecular weight is 262 g/mol. The molecule has 0 unspecified atom stereocenters. The molecular weight excluding hydrogens is 244 g/mol. The van der Waals surface area contributed by atoms with E-state index in [0.717, 1.165) is 18.4 Å². The second kappa shape index (κ2) is 3.79. The minimum atomic E-state index is -1.39. The van der Waals surface area contributed by atoms with Gasteiger partial charge >= 0.3 is 5.97 Å². The lowest BCUT2D eigenvalue weighted by atomic mass is 9.82. The molecule has 2 aliphatic carbocycles. The van der Waals surface area contributed by atoms with Gasteiger partial charge in [0.2, 0.25) is 6.29 Å². The summed E-state index contributed by atoms with van der Waals surface area (Å²) < 4.78 is 4.76. The summed E-state index contributed by atoms with van der Waals surface area (Å²) in [6.07, 6.45) is 2.22. The molecule has 4 nitrogen and oxygen atoms in total. The number of hydrogen-bond donors (Lipinski definition) is 1. The molecule has 0 aromatic heterocycles. The Bertz CT molecular complexity index is 538. The maximum Gasteiger partial charge on any atom is 0.341 e. The molecule has 0 radical (unpaired) electrons. The first kappa shape index (κ1) is 12.6. The molecule has 0 aromatic rings. The van der Waals surface area contributed by atoms with E-state index in [9.17, 15) is 14.7 Å². The van der Waals surface area contributed by atoms with Crippen molar-refractivity contribution in [2.75, 3.05) is 0 Å². The molecule has 0 bridgehead atoms. The van der Waals surface area contributed by atoms with Crippen molar-refractivity contribution < 1.29 is 19.4 Å². The fraction of sp³-hybridized carbons (Fsp3) is 0.600. The Balaban J connectivity index is 2.12. The number of carbonyl (C=O) groups excluding carboxylic acids is 2. The van der Waals surface area contributed by atoms with Crippen molar-refractivity contribution >= 4 is 11.8 Å². The molecule has 1 aliphatic heterocycles. The summed E-state index contributed by atoms with van der Waals surface area (Å²) in [5.41, 5.74) is 1.71. The topological polar surface area (TPSA) is 63.6 Å². The SMILES string of the molecule is C[C@H]1C(=O)C2=C(C=C3CC(C)(C)C[C@@H]31)C(=O)O[C@H]2O. The number of Topliss-reactive ketones (excluding diaryl/α,β-unsaturated/α-hetero) is 1. The quantitative estimate of drug-likeness (QED) is 0.675. The van der Waals surface area contributed by atoms with Gasteiger partial charge in [-0.25, -0.2) is 4.79 Å². The summed E-state index contributed by atoms with van der Waals surface area (Å²) in [5, 5.41) is 9.72. The number of allylic oxidation sites excluding steroid dienone is 1. The fourth-order valence-electron chi connectivity index (χ4n) is 3.61. The Morgan fingerprint density at radius 1 is 1.37 bits per heavy atom. The Hall–Kier alpha value is -1.42. The molecule has 1 heterocycles. The van der Waals surface area contributed by atoms with Crippen LogP contribution in [0.1, 0.15) is 33.6 Å². The number of aliphatic hydroxyl groups excluding tert-OH is 1. The normalized spacial score (nSPS) is 36.6. The third-order valence-electron chi connectivity index (χ3n) is 4.52. The highest BCUT2D eigenvalue weighted by atomic mass is 16.6. The molecule has 3 rings (SSSR count). The van der Waals surface area contributed by atoms with E-state index in [0.29, 0.717) is 0 Å². The van der Waals surface area contributed by atoms with Crippen LogP contribution in [0.25, 0.3) is 0 Å². The van der Waals surface area contributed by atoms with Crippen LogP contribution in [-0.4, -0.2) is 23.1 Å². The molecule has 0 saturated heterocycles. The second-order valence-corrected chi connectivity index (χ2v) is 6.61. The molecule has 1 N–H and O–H groups in total. The van der Waals surface area contributed by atoms with E-state index < -0.39 is 12.3 Å². The van der Waals surface area contributed by atoms with E-state index in [2.05, 4.69) is 13.8 Å². The lowest BCUT2D eigenvalue weighted by Crippen LogP contribution is -2.26. The first-order valence-electron chi connectivity index (χ1n) is 6.68. The number of aliphatic hydroxyl groups is 1. The van der Waals surface area contributed by atoms with E-state index >= 15 is 0 Å². The maximum atomic E-state index is 12.5. The van der Waals surface area contributed by atoms with Crippen molar-refractivity contribution in [1.82, 2.24) is 0 Å². The summed E-state index contributed by atoms with van der Waals surface area (Å²) in [6, 6.07) is 0. The van der Waals surface area contributed by atoms with Gasteiger partial charge < -0.3 is 9.84 Å². The first-order chi connectivity index (χ1) is 8.80. The zero-order chi connectivity index (χ0) is 13.9. The Labute approximate surface area is 112 Å². The van der Waals surface area contributed by atoms with Gasteiger partial charge in [0, 0.05) is 5.92 Å². The molecular formula is C15H18O4. The number of carbonyl (C=O) groups is 2. The molecule has 0 spiro atoms. The largest absolute Gasteiger partial charge is 0.428 e. The van der Waals surface area contributed by atoms with Gasteiger partial charge in [0.1, 0.15) is 0 Å². The standard InChI is InChI=1S/C15H18O4/c1-7-10-6-15(2,3)5-8(10)4-9-11(12(7)16)14(18)19-13(9)17/h4,7,10,14,18H,5-6H2,1-3H3/t7-,10-,14-/m1/s1. The summed E-state index contributed by atoms with van der Waals surface area (Å²) in [5.74, 6) is -0.763. The lowest BCUT2D eigenvalue weighted by molar-refractivity contribution is -0.152. The van der Waals surface area contributed by atoms with E-state index in [1.165, 1.54) is 0 Å². The van der Waals surface area contributed by atoms with Gasteiger partial charge in [-0.2, -0.15) is 0 Å². The van der Waals surface area contributed by atoms with Gasteiger partial charge in [0.25, 0.3) is 0 Å². The van der Waals surface area contributed by atoms with E-state index in [1.54, 1.807) is 6.08 Å².